The lowest BCUT2D eigenvalue weighted by Gasteiger charge is -2.13. The predicted molar refractivity (Wildman–Crippen MR) is 68.9 cm³/mol. The van der Waals surface area contributed by atoms with Crippen molar-refractivity contribution < 1.29 is 4.74 Å². The van der Waals surface area contributed by atoms with E-state index in [0.717, 1.165) is 12.2 Å². The van der Waals surface area contributed by atoms with Crippen LogP contribution in [0.1, 0.15) is 25.8 Å². The Hall–Kier alpha value is -0.500. The molecule has 15 heavy (non-hydrogen) atoms. The zero-order valence-corrected chi connectivity index (χ0v) is 11.3. The minimum absolute atomic E-state index is 0.595. The lowest BCUT2D eigenvalue weighted by atomic mass is 9.97. The van der Waals surface area contributed by atoms with Crippen molar-refractivity contribution in [3.63, 3.8) is 0 Å². The normalized spacial score (nSPS) is 14.7. The molecule has 2 atom stereocenters. The van der Waals surface area contributed by atoms with Gasteiger partial charge in [-0.25, -0.2) is 0 Å². The quantitative estimate of drug-likeness (QED) is 0.734. The largest absolute Gasteiger partial charge is 0.497 e. The van der Waals surface area contributed by atoms with Gasteiger partial charge in [0.25, 0.3) is 0 Å². The molecule has 0 aliphatic carbocycles. The van der Waals surface area contributed by atoms with Gasteiger partial charge in [0, 0.05) is 4.83 Å². The first-order chi connectivity index (χ1) is 7.11. The van der Waals surface area contributed by atoms with Gasteiger partial charge >= 0.3 is 0 Å². The molecule has 0 saturated carbocycles. The van der Waals surface area contributed by atoms with Crippen molar-refractivity contribution in [1.29, 1.82) is 0 Å². The molecule has 0 heterocycles. The Morgan fingerprint density at radius 3 is 2.67 bits per heavy atom. The highest BCUT2D eigenvalue weighted by atomic mass is 79.9. The Kier molecular flexibility index (Phi) is 5.16. The monoisotopic (exact) mass is 270 g/mol. The van der Waals surface area contributed by atoms with E-state index in [1.165, 1.54) is 12.0 Å². The molecular formula is C13H19BrO. The van der Waals surface area contributed by atoms with E-state index in [1.54, 1.807) is 7.11 Å². The highest BCUT2D eigenvalue weighted by Crippen LogP contribution is 2.20. The summed E-state index contributed by atoms with van der Waals surface area (Å²) in [5, 5.41) is 0. The molecule has 0 aromatic heterocycles. The van der Waals surface area contributed by atoms with Crippen LogP contribution in [-0.2, 0) is 6.42 Å². The van der Waals surface area contributed by atoms with Crippen LogP contribution in [-0.4, -0.2) is 11.9 Å². The van der Waals surface area contributed by atoms with Crippen LogP contribution in [0.4, 0.5) is 0 Å². The maximum atomic E-state index is 5.21. The summed E-state index contributed by atoms with van der Waals surface area (Å²) in [5.74, 6) is 1.65. The first-order valence-electron chi connectivity index (χ1n) is 5.38. The highest BCUT2D eigenvalue weighted by Gasteiger charge is 2.07. The summed E-state index contributed by atoms with van der Waals surface area (Å²) >= 11 is 3.59. The van der Waals surface area contributed by atoms with Crippen molar-refractivity contribution in [3.05, 3.63) is 29.8 Å². The van der Waals surface area contributed by atoms with E-state index in [0.29, 0.717) is 10.7 Å². The molecule has 0 spiro atoms. The summed E-state index contributed by atoms with van der Waals surface area (Å²) in [4.78, 5) is 0.595. The van der Waals surface area contributed by atoms with Crippen LogP contribution in [0.2, 0.25) is 0 Å². The van der Waals surface area contributed by atoms with Gasteiger partial charge in [-0.05, 0) is 36.5 Å². The van der Waals surface area contributed by atoms with Gasteiger partial charge in [0.2, 0.25) is 0 Å². The Bertz CT molecular complexity index is 296. The first-order valence-corrected chi connectivity index (χ1v) is 6.30. The third-order valence-electron chi connectivity index (χ3n) is 2.45. The highest BCUT2D eigenvalue weighted by molar-refractivity contribution is 9.09. The van der Waals surface area contributed by atoms with E-state index >= 15 is 0 Å². The molecule has 0 fully saturated rings. The Labute approximate surface area is 101 Å². The minimum atomic E-state index is 0.595. The van der Waals surface area contributed by atoms with E-state index in [2.05, 4.69) is 48.0 Å². The molecule has 0 radical (unpaired) electrons. The second kappa shape index (κ2) is 6.16. The molecule has 0 amide bonds. The Morgan fingerprint density at radius 2 is 2.07 bits per heavy atom. The Balaban J connectivity index is 2.55. The van der Waals surface area contributed by atoms with Crippen LogP contribution >= 0.6 is 15.9 Å². The number of benzene rings is 1. The van der Waals surface area contributed by atoms with Crippen LogP contribution in [0.25, 0.3) is 0 Å². The molecule has 0 N–H and O–H groups in total. The molecule has 2 heteroatoms. The topological polar surface area (TPSA) is 9.23 Å². The van der Waals surface area contributed by atoms with Crippen molar-refractivity contribution in [2.75, 3.05) is 7.11 Å². The van der Waals surface area contributed by atoms with Gasteiger partial charge in [-0.1, -0.05) is 41.9 Å². The van der Waals surface area contributed by atoms with E-state index in [4.69, 9.17) is 4.74 Å². The van der Waals surface area contributed by atoms with Crippen LogP contribution in [0.3, 0.4) is 0 Å². The summed E-state index contributed by atoms with van der Waals surface area (Å²) < 4.78 is 5.21. The zero-order chi connectivity index (χ0) is 11.3. The number of alkyl halides is 1. The van der Waals surface area contributed by atoms with Crippen LogP contribution < -0.4 is 4.74 Å². The average molecular weight is 271 g/mol. The third-order valence-corrected chi connectivity index (χ3v) is 2.82. The number of ether oxygens (including phenoxy) is 1. The predicted octanol–water partition coefficient (Wildman–Crippen LogP) is 4.05. The van der Waals surface area contributed by atoms with Crippen LogP contribution in [0.15, 0.2) is 24.3 Å². The van der Waals surface area contributed by atoms with E-state index < -0.39 is 0 Å². The van der Waals surface area contributed by atoms with Gasteiger partial charge in [-0.3, -0.25) is 0 Å². The Morgan fingerprint density at radius 1 is 1.33 bits per heavy atom. The van der Waals surface area contributed by atoms with Gasteiger partial charge in [0.15, 0.2) is 0 Å². The molecule has 1 aromatic carbocycles. The van der Waals surface area contributed by atoms with E-state index in [1.807, 2.05) is 6.07 Å². The molecular weight excluding hydrogens is 252 g/mol. The second-order valence-corrected chi connectivity index (χ2v) is 5.74. The molecule has 1 aromatic rings. The van der Waals surface area contributed by atoms with Crippen molar-refractivity contribution >= 4 is 15.9 Å². The van der Waals surface area contributed by atoms with E-state index in [-0.39, 0.29) is 0 Å². The number of rotatable bonds is 5. The van der Waals surface area contributed by atoms with Crippen LogP contribution in [0.5, 0.6) is 5.75 Å². The summed E-state index contributed by atoms with van der Waals surface area (Å²) in [7, 11) is 1.71. The van der Waals surface area contributed by atoms with Crippen molar-refractivity contribution in [2.24, 2.45) is 5.92 Å². The summed E-state index contributed by atoms with van der Waals surface area (Å²) in [6, 6.07) is 8.33. The van der Waals surface area contributed by atoms with Gasteiger partial charge in [-0.15, -0.1) is 0 Å². The standard InChI is InChI=1S/C13H19BrO/c1-10(7-11(2)14)8-12-5-4-6-13(9-12)15-3/h4-6,9-11H,7-8H2,1-3H3. The molecule has 84 valence electrons. The smallest absolute Gasteiger partial charge is 0.119 e. The number of hydrogen-bond donors (Lipinski definition) is 0. The summed E-state index contributed by atoms with van der Waals surface area (Å²) in [6.45, 7) is 4.49. The molecule has 0 aliphatic heterocycles. The first kappa shape index (κ1) is 12.6. The zero-order valence-electron chi connectivity index (χ0n) is 9.66. The molecule has 1 nitrogen and oxygen atoms in total. The summed E-state index contributed by atoms with van der Waals surface area (Å²) in [6.07, 6.45) is 2.32. The summed E-state index contributed by atoms with van der Waals surface area (Å²) in [5.41, 5.74) is 1.36. The minimum Gasteiger partial charge on any atom is -0.497 e. The third kappa shape index (κ3) is 4.70. The molecule has 2 unspecified atom stereocenters. The molecule has 0 aliphatic rings. The van der Waals surface area contributed by atoms with Gasteiger partial charge in [-0.2, -0.15) is 0 Å². The maximum Gasteiger partial charge on any atom is 0.119 e. The van der Waals surface area contributed by atoms with Crippen molar-refractivity contribution in [3.8, 4) is 5.75 Å². The van der Waals surface area contributed by atoms with Crippen molar-refractivity contribution in [1.82, 2.24) is 0 Å². The fourth-order valence-electron chi connectivity index (χ4n) is 1.84. The average Bonchev–Trinajstić information content (AvgIpc) is 2.16. The second-order valence-electron chi connectivity index (χ2n) is 4.18. The molecule has 1 rings (SSSR count). The van der Waals surface area contributed by atoms with Crippen LogP contribution in [0, 0.1) is 5.92 Å². The fourth-order valence-corrected chi connectivity index (χ4v) is 2.48. The number of halogens is 1. The fraction of sp³-hybridized carbons (Fsp3) is 0.538. The molecule has 0 bridgehead atoms. The lowest BCUT2D eigenvalue weighted by Crippen LogP contribution is -2.05. The molecule has 0 saturated heterocycles. The van der Waals surface area contributed by atoms with Gasteiger partial charge in [0.1, 0.15) is 5.75 Å². The number of hydrogen-bond acceptors (Lipinski definition) is 1. The van der Waals surface area contributed by atoms with Gasteiger partial charge < -0.3 is 4.74 Å². The van der Waals surface area contributed by atoms with E-state index in [9.17, 15) is 0 Å². The SMILES string of the molecule is COc1cccc(CC(C)CC(C)Br)c1. The van der Waals surface area contributed by atoms with Gasteiger partial charge in [0.05, 0.1) is 7.11 Å². The van der Waals surface area contributed by atoms with Crippen molar-refractivity contribution in [2.45, 2.75) is 31.5 Å². The maximum absolute atomic E-state index is 5.21. The lowest BCUT2D eigenvalue weighted by molar-refractivity contribution is 0.413. The number of methoxy groups -OCH3 is 1.